The molecule has 1 N–H and O–H groups in total. The number of nitrogens with zero attached hydrogens (tertiary/aromatic N) is 2. The maximum atomic E-state index is 12.2. The second kappa shape index (κ2) is 7.66. The predicted molar refractivity (Wildman–Crippen MR) is 79.8 cm³/mol. The molecule has 0 unspecified atom stereocenters. The van der Waals surface area contributed by atoms with Gasteiger partial charge in [0.15, 0.2) is 0 Å². The first-order valence-corrected chi connectivity index (χ1v) is 6.86. The highest BCUT2D eigenvalue weighted by atomic mass is 16.2. The van der Waals surface area contributed by atoms with Gasteiger partial charge >= 0.3 is 0 Å². The van der Waals surface area contributed by atoms with Crippen LogP contribution in [0.1, 0.15) is 32.8 Å². The smallest absolute Gasteiger partial charge is 0.225 e. The Balaban J connectivity index is 2.53. The number of hydrogen-bond donors (Lipinski definition) is 1. The number of carbonyl (C=O) groups excluding carboxylic acids is 1. The van der Waals surface area contributed by atoms with Crippen molar-refractivity contribution in [2.45, 2.75) is 39.3 Å². The van der Waals surface area contributed by atoms with E-state index < -0.39 is 0 Å². The van der Waals surface area contributed by atoms with Crippen LogP contribution in [-0.4, -0.2) is 29.4 Å². The number of nitrogens with one attached hydrogen (secondary N) is 1. The van der Waals surface area contributed by atoms with Crippen LogP contribution < -0.4 is 5.32 Å². The van der Waals surface area contributed by atoms with E-state index in [1.54, 1.807) is 4.90 Å². The summed E-state index contributed by atoms with van der Waals surface area (Å²) in [5.41, 5.74) is 1.04. The molecule has 1 amide bonds. The van der Waals surface area contributed by atoms with Crippen LogP contribution in [0, 0.1) is 11.3 Å². The van der Waals surface area contributed by atoms with Gasteiger partial charge in [-0.15, -0.1) is 0 Å². The summed E-state index contributed by atoms with van der Waals surface area (Å²) >= 11 is 0. The van der Waals surface area contributed by atoms with Crippen LogP contribution in [0.15, 0.2) is 30.3 Å². The van der Waals surface area contributed by atoms with Crippen molar-refractivity contribution in [3.05, 3.63) is 35.9 Å². The summed E-state index contributed by atoms with van der Waals surface area (Å²) in [7, 11) is 0. The number of carbonyl (C=O) groups is 1. The van der Waals surface area contributed by atoms with Crippen molar-refractivity contribution >= 4 is 5.91 Å². The maximum absolute atomic E-state index is 12.2. The molecule has 0 spiro atoms. The van der Waals surface area contributed by atoms with Crippen LogP contribution in [0.5, 0.6) is 0 Å². The van der Waals surface area contributed by atoms with Gasteiger partial charge in [0.05, 0.1) is 6.07 Å². The Hall–Kier alpha value is -1.86. The topological polar surface area (TPSA) is 56.1 Å². The van der Waals surface area contributed by atoms with Gasteiger partial charge in [-0.2, -0.15) is 5.26 Å². The Labute approximate surface area is 121 Å². The number of hydrogen-bond acceptors (Lipinski definition) is 3. The van der Waals surface area contributed by atoms with Crippen molar-refractivity contribution in [2.24, 2.45) is 0 Å². The standard InChI is InChI=1S/C16H23N3O/c1-16(2,3)18-11-9-15(20)19(12-10-17)13-14-7-5-4-6-8-14/h4-8,18H,9,11-13H2,1-3H3. The van der Waals surface area contributed by atoms with E-state index >= 15 is 0 Å². The van der Waals surface area contributed by atoms with E-state index in [-0.39, 0.29) is 18.0 Å². The lowest BCUT2D eigenvalue weighted by Crippen LogP contribution is -2.39. The Bertz CT molecular complexity index is 457. The highest BCUT2D eigenvalue weighted by Gasteiger charge is 2.15. The lowest BCUT2D eigenvalue weighted by atomic mass is 10.1. The Morgan fingerprint density at radius 3 is 2.50 bits per heavy atom. The van der Waals surface area contributed by atoms with Crippen LogP contribution >= 0.6 is 0 Å². The first kappa shape index (κ1) is 16.2. The molecule has 0 saturated carbocycles. The van der Waals surface area contributed by atoms with Crippen LogP contribution in [0.2, 0.25) is 0 Å². The molecule has 4 heteroatoms. The zero-order valence-electron chi connectivity index (χ0n) is 12.5. The molecule has 0 aliphatic rings. The molecule has 0 aliphatic heterocycles. The summed E-state index contributed by atoms with van der Waals surface area (Å²) in [5.74, 6) is 0.00662. The fraction of sp³-hybridized carbons (Fsp3) is 0.500. The molecule has 0 heterocycles. The molecule has 1 aromatic carbocycles. The summed E-state index contributed by atoms with van der Waals surface area (Å²) < 4.78 is 0. The monoisotopic (exact) mass is 273 g/mol. The number of benzene rings is 1. The molecule has 0 fully saturated rings. The van der Waals surface area contributed by atoms with Crippen molar-refractivity contribution in [3.8, 4) is 6.07 Å². The zero-order chi connectivity index (χ0) is 15.0. The summed E-state index contributed by atoms with van der Waals surface area (Å²) in [6, 6.07) is 11.8. The minimum Gasteiger partial charge on any atom is -0.325 e. The summed E-state index contributed by atoms with van der Waals surface area (Å²) in [5, 5.41) is 12.1. The fourth-order valence-electron chi connectivity index (χ4n) is 1.82. The average molecular weight is 273 g/mol. The van der Waals surface area contributed by atoms with Crippen LogP contribution in [-0.2, 0) is 11.3 Å². The molecule has 0 radical (unpaired) electrons. The van der Waals surface area contributed by atoms with Crippen molar-refractivity contribution in [1.82, 2.24) is 10.2 Å². The third-order valence-corrected chi connectivity index (χ3v) is 2.82. The molecule has 4 nitrogen and oxygen atoms in total. The van der Waals surface area contributed by atoms with E-state index in [1.165, 1.54) is 0 Å². The second-order valence-electron chi connectivity index (χ2n) is 5.82. The van der Waals surface area contributed by atoms with Gasteiger partial charge < -0.3 is 10.2 Å². The van der Waals surface area contributed by atoms with Gasteiger partial charge in [-0.3, -0.25) is 4.79 Å². The minimum atomic E-state index is -0.000230. The van der Waals surface area contributed by atoms with Gasteiger partial charge in [0.2, 0.25) is 5.91 Å². The fourth-order valence-corrected chi connectivity index (χ4v) is 1.82. The SMILES string of the molecule is CC(C)(C)NCCC(=O)N(CC#N)Cc1ccccc1. The van der Waals surface area contributed by atoms with E-state index in [4.69, 9.17) is 5.26 Å². The Morgan fingerprint density at radius 2 is 1.95 bits per heavy atom. The Kier molecular flexibility index (Phi) is 6.20. The van der Waals surface area contributed by atoms with Crippen molar-refractivity contribution in [2.75, 3.05) is 13.1 Å². The molecule has 1 aromatic rings. The van der Waals surface area contributed by atoms with E-state index in [0.29, 0.717) is 19.5 Å². The molecular weight excluding hydrogens is 250 g/mol. The van der Waals surface area contributed by atoms with E-state index in [9.17, 15) is 4.79 Å². The molecule has 1 rings (SSSR count). The van der Waals surface area contributed by atoms with Crippen molar-refractivity contribution in [1.29, 1.82) is 5.26 Å². The average Bonchev–Trinajstić information content (AvgIpc) is 2.38. The summed E-state index contributed by atoms with van der Waals surface area (Å²) in [4.78, 5) is 13.8. The lowest BCUT2D eigenvalue weighted by Gasteiger charge is -2.23. The first-order valence-electron chi connectivity index (χ1n) is 6.86. The molecular formula is C16H23N3O. The van der Waals surface area contributed by atoms with Gasteiger partial charge in [0.25, 0.3) is 0 Å². The summed E-state index contributed by atoms with van der Waals surface area (Å²) in [6.07, 6.45) is 0.409. The maximum Gasteiger partial charge on any atom is 0.225 e. The third kappa shape index (κ3) is 6.35. The Morgan fingerprint density at radius 1 is 1.30 bits per heavy atom. The van der Waals surface area contributed by atoms with Crippen molar-refractivity contribution in [3.63, 3.8) is 0 Å². The number of amides is 1. The van der Waals surface area contributed by atoms with Crippen LogP contribution in [0.25, 0.3) is 0 Å². The molecule has 0 aromatic heterocycles. The quantitative estimate of drug-likeness (QED) is 0.809. The van der Waals surface area contributed by atoms with E-state index in [1.807, 2.05) is 30.3 Å². The second-order valence-corrected chi connectivity index (χ2v) is 5.82. The molecule has 0 bridgehead atoms. The molecule has 0 saturated heterocycles. The van der Waals surface area contributed by atoms with E-state index in [2.05, 4.69) is 32.2 Å². The minimum absolute atomic E-state index is 0.000230. The predicted octanol–water partition coefficient (Wildman–Crippen LogP) is 2.32. The van der Waals surface area contributed by atoms with Gasteiger partial charge in [-0.25, -0.2) is 0 Å². The highest BCUT2D eigenvalue weighted by molar-refractivity contribution is 5.76. The largest absolute Gasteiger partial charge is 0.325 e. The van der Waals surface area contributed by atoms with Gasteiger partial charge in [-0.1, -0.05) is 30.3 Å². The van der Waals surface area contributed by atoms with Gasteiger partial charge in [0.1, 0.15) is 6.54 Å². The highest BCUT2D eigenvalue weighted by Crippen LogP contribution is 2.06. The van der Waals surface area contributed by atoms with E-state index in [0.717, 1.165) is 5.56 Å². The number of nitriles is 1. The zero-order valence-corrected chi connectivity index (χ0v) is 12.5. The molecule has 108 valence electrons. The van der Waals surface area contributed by atoms with Crippen LogP contribution in [0.3, 0.4) is 0 Å². The first-order chi connectivity index (χ1) is 9.42. The van der Waals surface area contributed by atoms with Gasteiger partial charge in [-0.05, 0) is 26.3 Å². The normalized spacial score (nSPS) is 10.9. The van der Waals surface area contributed by atoms with Crippen LogP contribution in [0.4, 0.5) is 0 Å². The molecule has 20 heavy (non-hydrogen) atoms. The molecule has 0 aliphatic carbocycles. The van der Waals surface area contributed by atoms with Crippen molar-refractivity contribution < 1.29 is 4.79 Å². The molecule has 0 atom stereocenters. The third-order valence-electron chi connectivity index (χ3n) is 2.82. The lowest BCUT2D eigenvalue weighted by molar-refractivity contribution is -0.131. The number of rotatable bonds is 6. The van der Waals surface area contributed by atoms with Gasteiger partial charge in [0, 0.05) is 25.0 Å². The summed E-state index contributed by atoms with van der Waals surface area (Å²) in [6.45, 7) is 7.43.